The van der Waals surface area contributed by atoms with Crippen LogP contribution in [0, 0.1) is 50.7 Å². The number of ether oxygens (including phenoxy) is 5. The van der Waals surface area contributed by atoms with Crippen LogP contribution in [0.15, 0.2) is 0 Å². The fraction of sp³-hybridized carbons (Fsp3) is 1.00. The summed E-state index contributed by atoms with van der Waals surface area (Å²) in [5.74, 6) is 1.73. The van der Waals surface area contributed by atoms with Crippen LogP contribution in [-0.4, -0.2) is 139 Å². The normalized spacial score (nSPS) is 49.5. The maximum absolute atomic E-state index is 12.7. The highest BCUT2D eigenvalue weighted by atomic mass is 16.7. The molecular formula is C43H74N2O8. The van der Waals surface area contributed by atoms with Crippen LogP contribution in [0.25, 0.3) is 0 Å². The number of likely N-dealkylation sites (tertiary alicyclic amines) is 1. The molecule has 304 valence electrons. The Labute approximate surface area is 319 Å². The first-order valence-corrected chi connectivity index (χ1v) is 21.5. The number of morpholine rings is 1. The fourth-order valence-corrected chi connectivity index (χ4v) is 15.5. The molecule has 0 radical (unpaired) electrons. The predicted octanol–water partition coefficient (Wildman–Crippen LogP) is 4.71. The van der Waals surface area contributed by atoms with Gasteiger partial charge in [-0.15, -0.1) is 0 Å². The maximum Gasteiger partial charge on any atom is 0.170 e. The van der Waals surface area contributed by atoms with E-state index in [-0.39, 0.29) is 46.3 Å². The van der Waals surface area contributed by atoms with Crippen LogP contribution in [-0.2, 0) is 23.7 Å². The van der Waals surface area contributed by atoms with E-state index < -0.39 is 23.4 Å². The monoisotopic (exact) mass is 747 g/mol. The third-order valence-electron chi connectivity index (χ3n) is 17.7. The lowest BCUT2D eigenvalue weighted by molar-refractivity contribution is -0.252. The molecule has 0 aromatic heterocycles. The van der Waals surface area contributed by atoms with Crippen molar-refractivity contribution in [2.75, 3.05) is 66.2 Å². The van der Waals surface area contributed by atoms with Crippen LogP contribution in [0.1, 0.15) is 107 Å². The second-order valence-electron chi connectivity index (χ2n) is 21.2. The molecule has 10 heteroatoms. The Balaban J connectivity index is 0.956. The molecule has 8 fully saturated rings. The quantitative estimate of drug-likeness (QED) is 0.275. The molecular weight excluding hydrogens is 672 g/mol. The summed E-state index contributed by atoms with van der Waals surface area (Å²) < 4.78 is 31.6. The molecule has 8 rings (SSSR count). The summed E-state index contributed by atoms with van der Waals surface area (Å²) in [6.45, 7) is 24.2. The highest BCUT2D eigenvalue weighted by molar-refractivity contribution is 5.33. The van der Waals surface area contributed by atoms with Crippen LogP contribution in [0.5, 0.6) is 0 Å². The second-order valence-corrected chi connectivity index (χ2v) is 21.2. The summed E-state index contributed by atoms with van der Waals surface area (Å²) in [4.78, 5) is 4.60. The standard InChI is InChI=1S/C43H74N2O8/c1-10-50-36(38(5,6)47)28-21-27(2)33-34(52-28)35(46)40(8)30-12-11-29-37(3,4)31(13-14-42(29)23-43(30,42)16-15-39(33,40)7)53-32-22-44(18-20-51-32)24-41(48)25-45(26-41)17-19-49-9/h27-36,46-48H,10-26H2,1-9H3/t27-,28-,29+,30+,31+,32+,33+,34+,35+,36+,39-,40-,42-,43+/m1/s1. The lowest BCUT2D eigenvalue weighted by atomic mass is 9.41. The number of methoxy groups -OCH3 is 1. The summed E-state index contributed by atoms with van der Waals surface area (Å²) in [6.07, 6.45) is 7.57. The van der Waals surface area contributed by atoms with Crippen LogP contribution in [0.4, 0.5) is 0 Å². The van der Waals surface area contributed by atoms with E-state index in [1.807, 2.05) is 20.8 Å². The smallest absolute Gasteiger partial charge is 0.170 e. The van der Waals surface area contributed by atoms with E-state index >= 15 is 0 Å². The molecule has 10 nitrogen and oxygen atoms in total. The minimum absolute atomic E-state index is 0.00128. The first-order valence-electron chi connectivity index (χ1n) is 21.5. The van der Waals surface area contributed by atoms with Gasteiger partial charge in [0.25, 0.3) is 0 Å². The summed E-state index contributed by atoms with van der Waals surface area (Å²) in [6, 6.07) is 0. The molecule has 3 N–H and O–H groups in total. The molecule has 0 unspecified atom stereocenters. The molecule has 0 bridgehead atoms. The Hall–Kier alpha value is -0.400. The number of hydrogen-bond acceptors (Lipinski definition) is 10. The molecule has 53 heavy (non-hydrogen) atoms. The van der Waals surface area contributed by atoms with Gasteiger partial charge in [-0.1, -0.05) is 34.6 Å². The van der Waals surface area contributed by atoms with Crippen molar-refractivity contribution in [2.45, 2.75) is 155 Å². The molecule has 8 aliphatic rings. The van der Waals surface area contributed by atoms with E-state index in [2.05, 4.69) is 44.4 Å². The fourth-order valence-electron chi connectivity index (χ4n) is 15.5. The average molecular weight is 747 g/mol. The molecule has 0 aromatic carbocycles. The Kier molecular flexibility index (Phi) is 9.91. The lowest BCUT2D eigenvalue weighted by Gasteiger charge is -2.64. The molecule has 5 aliphatic carbocycles. The zero-order valence-electron chi connectivity index (χ0n) is 34.6. The first-order chi connectivity index (χ1) is 24.9. The second kappa shape index (κ2) is 13.3. The Morgan fingerprint density at radius 1 is 0.981 bits per heavy atom. The van der Waals surface area contributed by atoms with E-state index in [1.54, 1.807) is 7.11 Å². The van der Waals surface area contributed by atoms with Crippen molar-refractivity contribution in [1.29, 1.82) is 0 Å². The number of β-amino-alcohol motifs (C(OH)–C–C–N with tert-alkyl or cyclic N) is 1. The molecule has 5 saturated carbocycles. The van der Waals surface area contributed by atoms with E-state index in [0.717, 1.165) is 38.8 Å². The van der Waals surface area contributed by atoms with Crippen LogP contribution in [0.3, 0.4) is 0 Å². The van der Waals surface area contributed by atoms with Crippen molar-refractivity contribution in [3.05, 3.63) is 0 Å². The van der Waals surface area contributed by atoms with Crippen LogP contribution >= 0.6 is 0 Å². The molecule has 3 heterocycles. The maximum atomic E-state index is 12.7. The van der Waals surface area contributed by atoms with Gasteiger partial charge in [0.15, 0.2) is 6.29 Å². The van der Waals surface area contributed by atoms with Crippen LogP contribution in [0.2, 0.25) is 0 Å². The Bertz CT molecular complexity index is 1350. The van der Waals surface area contributed by atoms with Crippen molar-refractivity contribution >= 4 is 0 Å². The predicted molar refractivity (Wildman–Crippen MR) is 202 cm³/mol. The van der Waals surface area contributed by atoms with Gasteiger partial charge in [0.05, 0.1) is 43.2 Å². The van der Waals surface area contributed by atoms with Gasteiger partial charge in [-0.2, -0.15) is 0 Å². The summed E-state index contributed by atoms with van der Waals surface area (Å²) in [5.41, 5.74) is -1.31. The molecule has 0 amide bonds. The van der Waals surface area contributed by atoms with Crippen molar-refractivity contribution < 1.29 is 39.0 Å². The number of rotatable bonds is 11. The number of hydrogen-bond donors (Lipinski definition) is 3. The van der Waals surface area contributed by atoms with Gasteiger partial charge in [-0.25, -0.2) is 0 Å². The average Bonchev–Trinajstić information content (AvgIpc) is 3.71. The van der Waals surface area contributed by atoms with Gasteiger partial charge in [0.1, 0.15) is 11.7 Å². The summed E-state index contributed by atoms with van der Waals surface area (Å²) in [7, 11) is 1.73. The molecule has 3 aliphatic heterocycles. The highest BCUT2D eigenvalue weighted by Gasteiger charge is 2.84. The molecule has 0 aromatic rings. The van der Waals surface area contributed by atoms with Gasteiger partial charge in [0, 0.05) is 58.4 Å². The number of aliphatic hydroxyl groups excluding tert-OH is 1. The number of nitrogens with zero attached hydrogens (tertiary/aromatic N) is 2. The highest BCUT2D eigenvalue weighted by Crippen LogP contribution is 2.89. The number of aliphatic hydroxyl groups is 3. The van der Waals surface area contributed by atoms with Crippen molar-refractivity contribution in [2.24, 2.45) is 50.7 Å². The van der Waals surface area contributed by atoms with E-state index in [4.69, 9.17) is 23.7 Å². The molecule has 3 saturated heterocycles. The zero-order chi connectivity index (χ0) is 38.0. The Morgan fingerprint density at radius 3 is 2.40 bits per heavy atom. The summed E-state index contributed by atoms with van der Waals surface area (Å²) in [5, 5.41) is 35.0. The lowest BCUT2D eigenvalue weighted by Crippen LogP contribution is -2.67. The largest absolute Gasteiger partial charge is 0.390 e. The minimum atomic E-state index is -1.02. The zero-order valence-corrected chi connectivity index (χ0v) is 34.6. The van der Waals surface area contributed by atoms with Crippen molar-refractivity contribution in [3.8, 4) is 0 Å². The third-order valence-corrected chi connectivity index (χ3v) is 17.7. The van der Waals surface area contributed by atoms with Crippen LogP contribution < -0.4 is 0 Å². The van der Waals surface area contributed by atoms with Gasteiger partial charge in [0.2, 0.25) is 0 Å². The van der Waals surface area contributed by atoms with Crippen molar-refractivity contribution in [1.82, 2.24) is 9.80 Å². The SMILES string of the molecule is CCO[C@@H]([C@H]1C[C@@H](C)[C@H]2[C@H](O1)[C@H](O)[C@@]1(C)[C@@H]3CC[C@H]4C(C)(C)[C@@H](O[C@H]5CN(CC6(O)CN(CCOC)C6)CCO5)CC[C@@]45C[C@@]35CC[C@]21C)C(C)(C)O. The molecule has 14 atom stereocenters. The van der Waals surface area contributed by atoms with Gasteiger partial charge in [-0.3, -0.25) is 9.80 Å². The molecule has 2 spiro atoms. The van der Waals surface area contributed by atoms with Gasteiger partial charge < -0.3 is 39.0 Å². The van der Waals surface area contributed by atoms with Gasteiger partial charge in [-0.05, 0) is 117 Å². The van der Waals surface area contributed by atoms with E-state index in [9.17, 15) is 15.3 Å². The third kappa shape index (κ3) is 5.83. The first kappa shape index (κ1) is 39.4. The topological polar surface area (TPSA) is 113 Å². The number of fused-ring (bicyclic) bond motifs is 4. The minimum Gasteiger partial charge on any atom is -0.390 e. The Morgan fingerprint density at radius 2 is 1.70 bits per heavy atom. The van der Waals surface area contributed by atoms with E-state index in [0.29, 0.717) is 75.1 Å². The summed E-state index contributed by atoms with van der Waals surface area (Å²) >= 11 is 0. The van der Waals surface area contributed by atoms with Crippen molar-refractivity contribution in [3.63, 3.8) is 0 Å². The van der Waals surface area contributed by atoms with Gasteiger partial charge >= 0.3 is 0 Å². The van der Waals surface area contributed by atoms with E-state index in [1.165, 1.54) is 25.7 Å².